The Kier molecular flexibility index (Phi) is 37.2. The minimum atomic E-state index is -0.387. The monoisotopic (exact) mass is 1060 g/mol. The van der Waals surface area contributed by atoms with Crippen LogP contribution in [0.3, 0.4) is 0 Å². The second-order valence-electron chi connectivity index (χ2n) is 21.9. The third-order valence-corrected chi connectivity index (χ3v) is 14.9. The van der Waals surface area contributed by atoms with Crippen LogP contribution in [-0.4, -0.2) is 32.4 Å². The topological polar surface area (TPSA) is 63.2 Å². The van der Waals surface area contributed by atoms with E-state index in [1.807, 2.05) is 60.7 Å². The number of hydrogen-bond acceptors (Lipinski definition) is 6. The molecule has 0 heterocycles. The Bertz CT molecular complexity index is 2010. The molecule has 4 rings (SSSR count). The van der Waals surface area contributed by atoms with Gasteiger partial charge in [0.2, 0.25) is 5.75 Å². The van der Waals surface area contributed by atoms with Gasteiger partial charge in [-0.2, -0.15) is 0 Å². The molecule has 0 aliphatic heterocycles. The van der Waals surface area contributed by atoms with Gasteiger partial charge < -0.3 is 23.7 Å². The summed E-state index contributed by atoms with van der Waals surface area (Å²) in [7, 11) is 0. The van der Waals surface area contributed by atoms with Crippen molar-refractivity contribution in [3.63, 3.8) is 0 Å². The molecule has 0 saturated carbocycles. The van der Waals surface area contributed by atoms with Gasteiger partial charge >= 0.3 is 5.97 Å². The lowest BCUT2D eigenvalue weighted by Crippen LogP contribution is -2.08. The third kappa shape index (κ3) is 30.3. The van der Waals surface area contributed by atoms with Gasteiger partial charge in [-0.15, -0.1) is 0 Å². The fraction of sp³-hybridized carbons (Fsp3) is 0.620. The second-order valence-corrected chi connectivity index (χ2v) is 21.9. The number of unbranched alkanes of at least 4 members (excludes halogenated alkanes) is 32. The van der Waals surface area contributed by atoms with Crippen LogP contribution in [0.25, 0.3) is 23.3 Å². The van der Waals surface area contributed by atoms with Crippen LogP contribution in [0.1, 0.15) is 280 Å². The summed E-state index contributed by atoms with van der Waals surface area (Å²) in [5.74, 6) is 3.29. The molecule has 0 aromatic heterocycles. The molecule has 0 aliphatic rings. The molecule has 0 radical (unpaired) electrons. The lowest BCUT2D eigenvalue weighted by atomic mass is 10.1. The lowest BCUT2D eigenvalue weighted by molar-refractivity contribution is 0.0734. The van der Waals surface area contributed by atoms with Gasteiger partial charge in [0, 0.05) is 0 Å². The standard InChI is InChI=1S/C71H108O6/c1-5-9-13-17-21-24-27-30-34-38-56-74-68-59-62(60-69(75-57-39-35-31-28-25-22-18-14-10-6-2)70(68)76-58-40-36-32-29-26-23-19-15-11-7-3)42-41-61-43-45-65(46-44-61)71(72)77-67-53-49-64(50-54-67)63-47-51-66(52-48-63)73-55-37-33-20-16-12-8-4/h41-54,59-60H,5-40,55-58H2,1-4H3/b42-41+. The molecule has 428 valence electrons. The third-order valence-electron chi connectivity index (χ3n) is 14.9. The fourth-order valence-electron chi connectivity index (χ4n) is 9.98. The number of benzene rings is 4. The van der Waals surface area contributed by atoms with E-state index in [9.17, 15) is 4.79 Å². The van der Waals surface area contributed by atoms with Gasteiger partial charge in [-0.25, -0.2) is 4.79 Å². The van der Waals surface area contributed by atoms with Crippen molar-refractivity contribution in [3.05, 3.63) is 102 Å². The Balaban J connectivity index is 1.38. The predicted octanol–water partition coefficient (Wildman–Crippen LogP) is 22.4. The van der Waals surface area contributed by atoms with Gasteiger partial charge in [0.05, 0.1) is 32.0 Å². The van der Waals surface area contributed by atoms with Crippen LogP contribution in [0.2, 0.25) is 0 Å². The van der Waals surface area contributed by atoms with Gasteiger partial charge in [0.25, 0.3) is 0 Å². The summed E-state index contributed by atoms with van der Waals surface area (Å²) in [4.78, 5) is 13.3. The van der Waals surface area contributed by atoms with Crippen molar-refractivity contribution in [2.24, 2.45) is 0 Å². The largest absolute Gasteiger partial charge is 0.494 e. The summed E-state index contributed by atoms with van der Waals surface area (Å²) in [5, 5.41) is 0. The van der Waals surface area contributed by atoms with Gasteiger partial charge in [0.15, 0.2) is 11.5 Å². The summed E-state index contributed by atoms with van der Waals surface area (Å²) in [6.45, 7) is 11.8. The molecular formula is C71H108O6. The van der Waals surface area contributed by atoms with E-state index < -0.39 is 0 Å². The van der Waals surface area contributed by atoms with Gasteiger partial charge in [-0.3, -0.25) is 0 Å². The van der Waals surface area contributed by atoms with E-state index in [1.165, 1.54) is 205 Å². The molecule has 4 aromatic carbocycles. The second kappa shape index (κ2) is 44.2. The van der Waals surface area contributed by atoms with E-state index in [0.717, 1.165) is 77.5 Å². The molecule has 0 unspecified atom stereocenters. The van der Waals surface area contributed by atoms with Crippen LogP contribution < -0.4 is 23.7 Å². The van der Waals surface area contributed by atoms with Crippen LogP contribution in [0.5, 0.6) is 28.7 Å². The molecule has 0 spiro atoms. The van der Waals surface area contributed by atoms with Crippen molar-refractivity contribution >= 4 is 18.1 Å². The normalized spacial score (nSPS) is 11.4. The number of carbonyl (C=O) groups excluding carboxylic acids is 1. The maximum absolute atomic E-state index is 13.3. The van der Waals surface area contributed by atoms with Crippen molar-refractivity contribution in [2.75, 3.05) is 26.4 Å². The summed E-state index contributed by atoms with van der Waals surface area (Å²) in [6.07, 6.45) is 50.3. The minimum absolute atomic E-state index is 0.387. The maximum atomic E-state index is 13.3. The van der Waals surface area contributed by atoms with Crippen LogP contribution in [0, 0.1) is 0 Å². The Labute approximate surface area is 471 Å². The highest BCUT2D eigenvalue weighted by Gasteiger charge is 2.16. The molecule has 0 fully saturated rings. The molecule has 0 N–H and O–H groups in total. The number of hydrogen-bond donors (Lipinski definition) is 0. The van der Waals surface area contributed by atoms with Crippen LogP contribution >= 0.6 is 0 Å². The fourth-order valence-corrected chi connectivity index (χ4v) is 9.98. The molecule has 0 saturated heterocycles. The first kappa shape index (κ1) is 64.8. The zero-order valence-corrected chi connectivity index (χ0v) is 49.5. The van der Waals surface area contributed by atoms with Crippen molar-refractivity contribution < 1.29 is 28.5 Å². The minimum Gasteiger partial charge on any atom is -0.494 e. The number of carbonyl (C=O) groups is 1. The van der Waals surface area contributed by atoms with Crippen molar-refractivity contribution in [2.45, 2.75) is 259 Å². The Hall–Kier alpha value is -4.71. The summed E-state index contributed by atoms with van der Waals surface area (Å²) >= 11 is 0. The van der Waals surface area contributed by atoms with E-state index >= 15 is 0 Å². The SMILES string of the molecule is CCCCCCCCCCCCOc1cc(/C=C/c2ccc(C(=O)Oc3ccc(-c4ccc(OCCCCCCCC)cc4)cc3)cc2)cc(OCCCCCCCCCCCC)c1OCCCCCCCCCCCC. The molecule has 77 heavy (non-hydrogen) atoms. The van der Waals surface area contributed by atoms with E-state index in [0.29, 0.717) is 31.1 Å². The maximum Gasteiger partial charge on any atom is 0.343 e. The Morgan fingerprint density at radius 3 is 1.01 bits per heavy atom. The highest BCUT2D eigenvalue weighted by molar-refractivity contribution is 5.91. The van der Waals surface area contributed by atoms with Crippen molar-refractivity contribution in [1.82, 2.24) is 0 Å². The average Bonchev–Trinajstić information content (AvgIpc) is 3.46. The van der Waals surface area contributed by atoms with Crippen LogP contribution in [-0.2, 0) is 0 Å². The molecular weight excluding hydrogens is 949 g/mol. The summed E-state index contributed by atoms with van der Waals surface area (Å²) in [6, 6.07) is 27.7. The molecule has 6 heteroatoms. The van der Waals surface area contributed by atoms with Gasteiger partial charge in [0.1, 0.15) is 11.5 Å². The Morgan fingerprint density at radius 1 is 0.325 bits per heavy atom. The van der Waals surface area contributed by atoms with E-state index in [2.05, 4.69) is 64.1 Å². The summed E-state index contributed by atoms with van der Waals surface area (Å²) < 4.78 is 31.8. The van der Waals surface area contributed by atoms with Crippen molar-refractivity contribution in [1.29, 1.82) is 0 Å². The zero-order chi connectivity index (χ0) is 54.5. The smallest absolute Gasteiger partial charge is 0.343 e. The molecule has 0 bridgehead atoms. The number of ether oxygens (including phenoxy) is 5. The van der Waals surface area contributed by atoms with Crippen LogP contribution in [0.15, 0.2) is 84.9 Å². The van der Waals surface area contributed by atoms with Crippen molar-refractivity contribution in [3.8, 4) is 39.9 Å². The quantitative estimate of drug-likeness (QED) is 0.0190. The molecule has 0 amide bonds. The molecule has 6 nitrogen and oxygen atoms in total. The first-order valence-corrected chi connectivity index (χ1v) is 31.9. The highest BCUT2D eigenvalue weighted by Crippen LogP contribution is 2.40. The van der Waals surface area contributed by atoms with Gasteiger partial charge in [-0.05, 0) is 96.5 Å². The predicted molar refractivity (Wildman–Crippen MR) is 330 cm³/mol. The van der Waals surface area contributed by atoms with Gasteiger partial charge in [-0.1, -0.05) is 282 Å². The number of esters is 1. The molecule has 4 aromatic rings. The molecule has 0 aliphatic carbocycles. The molecule has 0 atom stereocenters. The van der Waals surface area contributed by atoms with E-state index in [4.69, 9.17) is 23.7 Å². The first-order chi connectivity index (χ1) is 38.0. The first-order valence-electron chi connectivity index (χ1n) is 31.9. The number of rotatable bonds is 49. The highest BCUT2D eigenvalue weighted by atomic mass is 16.5. The average molecular weight is 1060 g/mol. The van der Waals surface area contributed by atoms with Crippen LogP contribution in [0.4, 0.5) is 0 Å². The lowest BCUT2D eigenvalue weighted by Gasteiger charge is -2.18. The summed E-state index contributed by atoms with van der Waals surface area (Å²) in [5.41, 5.74) is 4.61. The zero-order valence-electron chi connectivity index (χ0n) is 49.5. The Morgan fingerprint density at radius 2 is 0.636 bits per heavy atom. The van der Waals surface area contributed by atoms with E-state index in [1.54, 1.807) is 0 Å². The van der Waals surface area contributed by atoms with E-state index in [-0.39, 0.29) is 5.97 Å².